The molecule has 0 radical (unpaired) electrons. The van der Waals surface area contributed by atoms with Gasteiger partial charge in [0.2, 0.25) is 0 Å². The van der Waals surface area contributed by atoms with Gasteiger partial charge in [0.05, 0.1) is 19.8 Å². The summed E-state index contributed by atoms with van der Waals surface area (Å²) < 4.78 is 54.3. The zero-order chi connectivity index (χ0) is 51.9. The molecule has 0 aliphatic heterocycles. The molecule has 5 unspecified atom stereocenters. The van der Waals surface area contributed by atoms with E-state index in [-0.39, 0.29) is 26.1 Å². The molecule has 0 amide bonds. The molecular weight excluding hydrogens is 950 g/mol. The van der Waals surface area contributed by atoms with Crippen molar-refractivity contribution < 1.29 is 86.7 Å². The van der Waals surface area contributed by atoms with E-state index in [4.69, 9.17) is 33.0 Å². The molecule has 1 aliphatic rings. The molecule has 0 spiro atoms. The van der Waals surface area contributed by atoms with Crippen LogP contribution in [0.3, 0.4) is 0 Å². The van der Waals surface area contributed by atoms with Crippen molar-refractivity contribution in [1.29, 1.82) is 0 Å². The maximum Gasteiger partial charge on any atom is 0.472 e. The predicted molar refractivity (Wildman–Crippen MR) is 267 cm³/mol. The van der Waals surface area contributed by atoms with Crippen LogP contribution in [-0.4, -0.2) is 127 Å². The fourth-order valence-electron chi connectivity index (χ4n) is 7.78. The van der Waals surface area contributed by atoms with Crippen LogP contribution in [0, 0.1) is 0 Å². The van der Waals surface area contributed by atoms with E-state index in [1.54, 1.807) is 0 Å². The quantitative estimate of drug-likeness (QED) is 0.0122. The Bertz CT molecular complexity index is 1510. The molecule has 20 heteroatoms. The van der Waals surface area contributed by atoms with Gasteiger partial charge in [-0.3, -0.25) is 23.2 Å². The number of phosphoric acid groups is 2. The van der Waals surface area contributed by atoms with E-state index >= 15 is 0 Å². The summed E-state index contributed by atoms with van der Waals surface area (Å²) in [5, 5.41) is 51.3. The van der Waals surface area contributed by atoms with Crippen molar-refractivity contribution in [2.24, 2.45) is 0 Å². The molecule has 9 atom stereocenters. The fraction of sp³-hybridized carbons (Fsp3) is 0.840. The maximum absolute atomic E-state index is 12.8. The summed E-state index contributed by atoms with van der Waals surface area (Å²) in [5.74, 6) is -1.00. The van der Waals surface area contributed by atoms with Gasteiger partial charge in [-0.2, -0.15) is 0 Å². The van der Waals surface area contributed by atoms with Crippen molar-refractivity contribution in [3.05, 3.63) is 36.5 Å². The van der Waals surface area contributed by atoms with Gasteiger partial charge in [-0.05, 0) is 44.9 Å². The second-order valence-corrected chi connectivity index (χ2v) is 21.0. The minimum atomic E-state index is -5.36. The molecule has 0 aromatic carbocycles. The van der Waals surface area contributed by atoms with Crippen LogP contribution < -0.4 is 0 Å². The number of aliphatic hydroxyl groups excluding tert-OH is 5. The van der Waals surface area contributed by atoms with E-state index in [0.29, 0.717) is 19.3 Å². The van der Waals surface area contributed by atoms with Crippen LogP contribution in [0.1, 0.15) is 194 Å². The van der Waals surface area contributed by atoms with E-state index in [2.05, 4.69) is 42.7 Å². The number of ether oxygens (including phenoxy) is 3. The van der Waals surface area contributed by atoms with Crippen LogP contribution >= 0.6 is 15.6 Å². The van der Waals surface area contributed by atoms with Crippen LogP contribution in [0.5, 0.6) is 0 Å². The number of allylic oxidation sites excluding steroid dienone is 6. The number of rotatable bonds is 45. The molecule has 70 heavy (non-hydrogen) atoms. The second kappa shape index (κ2) is 41.5. The SMILES string of the molecule is CCCCCCCC/C=C\C/C=C\C/C=C\CCCC(=O)OC[C@H](COC[C@@H](O)COP(=O)(O)O[C@H]1C(O)C(O)C(O)[C@@H](OP(=O)(O)O)C1O)OC(=O)CCCCCCCCCCCCCCCCC. The lowest BCUT2D eigenvalue weighted by Gasteiger charge is -2.43. The van der Waals surface area contributed by atoms with Crippen molar-refractivity contribution in [3.8, 4) is 0 Å². The van der Waals surface area contributed by atoms with Gasteiger partial charge in [0.15, 0.2) is 6.10 Å². The zero-order valence-electron chi connectivity index (χ0n) is 42.3. The number of carbonyl (C=O) groups is 2. The molecule has 0 aromatic rings. The highest BCUT2D eigenvalue weighted by Crippen LogP contribution is 2.48. The molecule has 0 aromatic heterocycles. The van der Waals surface area contributed by atoms with Crippen LogP contribution in [0.4, 0.5) is 0 Å². The standard InChI is InChI=1S/C50H92O18P2/c1-3-5-7-9-11-13-15-17-19-20-22-23-25-27-29-31-33-35-43(52)64-40-42(66-44(53)36-34-32-30-28-26-24-21-18-16-14-12-10-8-6-4-2)39-63-37-41(51)38-65-70(61,62)68-50-47(56)45(54)46(55)49(48(50)57)67-69(58,59)60/h17,19,22-23,27,29,41-42,45-51,54-57H,3-16,18,20-21,24-26,28,30-40H2,1-2H3,(H,61,62)(H2,58,59,60)/b19-17-,23-22-,29-27-/t41-,42+,45?,46?,47?,48?,49-,50+/m1/s1. The summed E-state index contributed by atoms with van der Waals surface area (Å²) in [6.45, 7) is 2.37. The Hall–Kier alpha value is -1.86. The fourth-order valence-corrected chi connectivity index (χ4v) is 9.33. The number of hydrogen-bond acceptors (Lipinski definition) is 15. The number of aliphatic hydroxyl groups is 5. The van der Waals surface area contributed by atoms with E-state index in [0.717, 1.165) is 44.9 Å². The van der Waals surface area contributed by atoms with Gasteiger partial charge in [-0.15, -0.1) is 0 Å². The Balaban J connectivity index is 2.57. The molecule has 0 heterocycles. The zero-order valence-corrected chi connectivity index (χ0v) is 44.1. The molecule has 1 rings (SSSR count). The van der Waals surface area contributed by atoms with Crippen molar-refractivity contribution in [1.82, 2.24) is 0 Å². The van der Waals surface area contributed by atoms with Gasteiger partial charge in [-0.25, -0.2) is 9.13 Å². The van der Waals surface area contributed by atoms with E-state index in [9.17, 15) is 49.1 Å². The molecular formula is C50H92O18P2. The van der Waals surface area contributed by atoms with E-state index < -0.39 is 89.6 Å². The highest BCUT2D eigenvalue weighted by atomic mass is 31.2. The summed E-state index contributed by atoms with van der Waals surface area (Å²) in [7, 11) is -10.6. The van der Waals surface area contributed by atoms with E-state index in [1.165, 1.54) is 103 Å². The van der Waals surface area contributed by atoms with Gasteiger partial charge in [0.25, 0.3) is 0 Å². The van der Waals surface area contributed by atoms with Gasteiger partial charge in [-0.1, -0.05) is 172 Å². The summed E-state index contributed by atoms with van der Waals surface area (Å²) in [5.41, 5.74) is 0. The molecule has 1 fully saturated rings. The number of phosphoric ester groups is 2. The van der Waals surface area contributed by atoms with Crippen LogP contribution in [0.25, 0.3) is 0 Å². The van der Waals surface area contributed by atoms with Crippen LogP contribution in [0.15, 0.2) is 36.5 Å². The van der Waals surface area contributed by atoms with Crippen molar-refractivity contribution >= 4 is 27.6 Å². The summed E-state index contributed by atoms with van der Waals surface area (Å²) >= 11 is 0. The van der Waals surface area contributed by atoms with Gasteiger partial charge < -0.3 is 54.4 Å². The van der Waals surface area contributed by atoms with Crippen molar-refractivity contribution in [3.63, 3.8) is 0 Å². The Morgan fingerprint density at radius 1 is 0.500 bits per heavy atom. The average molecular weight is 1040 g/mol. The summed E-state index contributed by atoms with van der Waals surface area (Å²) in [6, 6.07) is 0. The minimum absolute atomic E-state index is 0.134. The Labute approximate surface area is 418 Å². The third-order valence-electron chi connectivity index (χ3n) is 11.8. The first-order chi connectivity index (χ1) is 33.5. The maximum atomic E-state index is 12.8. The van der Waals surface area contributed by atoms with Gasteiger partial charge >= 0.3 is 27.6 Å². The Morgan fingerprint density at radius 3 is 1.46 bits per heavy atom. The lowest BCUT2D eigenvalue weighted by Crippen LogP contribution is -2.64. The van der Waals surface area contributed by atoms with E-state index in [1.807, 2.05) is 12.2 Å². The largest absolute Gasteiger partial charge is 0.472 e. The third-order valence-corrected chi connectivity index (χ3v) is 13.3. The van der Waals surface area contributed by atoms with Crippen LogP contribution in [0.2, 0.25) is 0 Å². The first kappa shape index (κ1) is 66.2. The molecule has 0 saturated heterocycles. The number of unbranched alkanes of at least 4 members (excludes halogenated alkanes) is 21. The predicted octanol–water partition coefficient (Wildman–Crippen LogP) is 8.89. The first-order valence-electron chi connectivity index (χ1n) is 26.2. The smallest absolute Gasteiger partial charge is 0.462 e. The Kier molecular flexibility index (Phi) is 39.2. The average Bonchev–Trinajstić information content (AvgIpc) is 3.31. The van der Waals surface area contributed by atoms with Crippen molar-refractivity contribution in [2.75, 3.05) is 26.4 Å². The molecule has 1 aliphatic carbocycles. The molecule has 8 N–H and O–H groups in total. The van der Waals surface area contributed by atoms with Gasteiger partial charge in [0.1, 0.15) is 49.3 Å². The molecule has 18 nitrogen and oxygen atoms in total. The summed E-state index contributed by atoms with van der Waals surface area (Å²) in [4.78, 5) is 53.9. The molecule has 1 saturated carbocycles. The van der Waals surface area contributed by atoms with Crippen molar-refractivity contribution in [2.45, 2.75) is 242 Å². The first-order valence-corrected chi connectivity index (χ1v) is 29.2. The highest BCUT2D eigenvalue weighted by Gasteiger charge is 2.54. The Morgan fingerprint density at radius 2 is 0.943 bits per heavy atom. The number of hydrogen-bond donors (Lipinski definition) is 8. The lowest BCUT2D eigenvalue weighted by molar-refractivity contribution is -0.216. The molecule has 0 bridgehead atoms. The normalized spacial score (nSPS) is 21.7. The lowest BCUT2D eigenvalue weighted by atomic mass is 9.85. The summed E-state index contributed by atoms with van der Waals surface area (Å²) in [6.07, 6.45) is 26.4. The monoisotopic (exact) mass is 1040 g/mol. The number of esters is 2. The van der Waals surface area contributed by atoms with Gasteiger partial charge in [0, 0.05) is 12.8 Å². The second-order valence-electron chi connectivity index (χ2n) is 18.4. The minimum Gasteiger partial charge on any atom is -0.462 e. The molecule has 410 valence electrons. The highest BCUT2D eigenvalue weighted by molar-refractivity contribution is 7.47. The topological polar surface area (TPSA) is 285 Å². The van der Waals surface area contributed by atoms with Crippen LogP contribution in [-0.2, 0) is 46.5 Å². The third kappa shape index (κ3) is 35.3. The number of carbonyl (C=O) groups excluding carboxylic acids is 2.